The summed E-state index contributed by atoms with van der Waals surface area (Å²) in [5.74, 6) is 0.789. The molecule has 0 bridgehead atoms. The Kier molecular flexibility index (Phi) is 5.99. The number of rotatable bonds is 8. The summed E-state index contributed by atoms with van der Waals surface area (Å²) in [5, 5.41) is 21.2. The van der Waals surface area contributed by atoms with Crippen molar-refractivity contribution < 1.29 is 14.9 Å². The number of nitrogens with zero attached hydrogens (tertiary/aromatic N) is 1. The van der Waals surface area contributed by atoms with Crippen LogP contribution in [0.3, 0.4) is 0 Å². The lowest BCUT2D eigenvalue weighted by Gasteiger charge is -2.22. The first-order valence-corrected chi connectivity index (χ1v) is 7.36. The van der Waals surface area contributed by atoms with Gasteiger partial charge in [0.1, 0.15) is 18.5 Å². The average molecular weight is 289 g/mol. The van der Waals surface area contributed by atoms with Crippen molar-refractivity contribution in [3.63, 3.8) is 0 Å². The molecule has 0 aliphatic heterocycles. The molecule has 2 rings (SSSR count). The van der Waals surface area contributed by atoms with Crippen molar-refractivity contribution in [1.82, 2.24) is 4.90 Å². The van der Waals surface area contributed by atoms with Crippen molar-refractivity contribution in [3.8, 4) is 5.75 Å². The normalized spacial score (nSPS) is 12.8. The number of likely N-dealkylation sites (N-methyl/N-ethyl adjacent to an activating group) is 1. The van der Waals surface area contributed by atoms with Gasteiger partial charge in [-0.25, -0.2) is 0 Å². The fourth-order valence-corrected chi connectivity index (χ4v) is 2.38. The van der Waals surface area contributed by atoms with Gasteiger partial charge in [-0.3, -0.25) is 4.90 Å². The number of fused-ring (bicyclic) bond motifs is 1. The molecule has 21 heavy (non-hydrogen) atoms. The van der Waals surface area contributed by atoms with Crippen molar-refractivity contribution in [2.24, 2.45) is 0 Å². The van der Waals surface area contributed by atoms with Crippen LogP contribution < -0.4 is 4.74 Å². The molecule has 4 heteroatoms. The predicted octanol–water partition coefficient (Wildman–Crippen LogP) is 1.89. The molecule has 0 amide bonds. The molecule has 0 saturated carbocycles. The van der Waals surface area contributed by atoms with Crippen LogP contribution in [0.5, 0.6) is 5.75 Å². The molecule has 0 aliphatic rings. The maximum absolute atomic E-state index is 10.1. The molecular formula is C17H23NO3. The summed E-state index contributed by atoms with van der Waals surface area (Å²) >= 11 is 0. The van der Waals surface area contributed by atoms with Gasteiger partial charge < -0.3 is 14.9 Å². The lowest BCUT2D eigenvalue weighted by atomic mass is 10.1. The summed E-state index contributed by atoms with van der Waals surface area (Å²) in [4.78, 5) is 2.00. The molecule has 0 aromatic heterocycles. The van der Waals surface area contributed by atoms with Crippen LogP contribution in [-0.4, -0.2) is 54.1 Å². The van der Waals surface area contributed by atoms with Crippen LogP contribution in [-0.2, 0) is 0 Å². The number of benzene rings is 2. The molecule has 114 valence electrons. The maximum atomic E-state index is 10.1. The van der Waals surface area contributed by atoms with E-state index >= 15 is 0 Å². The standard InChI is InChI=1S/C17H23NO3/c1-2-18(10-11-19)12-15(20)13-21-17-9-5-7-14-6-3-4-8-16(14)17/h3-9,15,19-20H,2,10-13H2,1H3. The minimum absolute atomic E-state index is 0.102. The average Bonchev–Trinajstić information content (AvgIpc) is 2.52. The van der Waals surface area contributed by atoms with E-state index < -0.39 is 6.10 Å². The zero-order valence-electron chi connectivity index (χ0n) is 12.4. The van der Waals surface area contributed by atoms with Crippen molar-refractivity contribution >= 4 is 10.8 Å². The lowest BCUT2D eigenvalue weighted by molar-refractivity contribution is 0.0643. The van der Waals surface area contributed by atoms with E-state index in [1.54, 1.807) is 0 Å². The van der Waals surface area contributed by atoms with Gasteiger partial charge in [-0.15, -0.1) is 0 Å². The van der Waals surface area contributed by atoms with Crippen LogP contribution >= 0.6 is 0 Å². The summed E-state index contributed by atoms with van der Waals surface area (Å²) < 4.78 is 5.77. The van der Waals surface area contributed by atoms with E-state index in [0.717, 1.165) is 23.1 Å². The Morgan fingerprint density at radius 1 is 1.14 bits per heavy atom. The number of aliphatic hydroxyl groups excluding tert-OH is 2. The predicted molar refractivity (Wildman–Crippen MR) is 84.6 cm³/mol. The Morgan fingerprint density at radius 3 is 2.67 bits per heavy atom. The summed E-state index contributed by atoms with van der Waals surface area (Å²) in [6.07, 6.45) is -0.574. The first kappa shape index (κ1) is 15.8. The van der Waals surface area contributed by atoms with E-state index in [1.807, 2.05) is 54.3 Å². The van der Waals surface area contributed by atoms with Gasteiger partial charge in [-0.1, -0.05) is 43.3 Å². The van der Waals surface area contributed by atoms with Crippen LogP contribution in [0.2, 0.25) is 0 Å². The topological polar surface area (TPSA) is 52.9 Å². The molecule has 0 fully saturated rings. The van der Waals surface area contributed by atoms with Crippen LogP contribution in [0.15, 0.2) is 42.5 Å². The van der Waals surface area contributed by atoms with Crippen molar-refractivity contribution in [1.29, 1.82) is 0 Å². The highest BCUT2D eigenvalue weighted by Gasteiger charge is 2.11. The molecule has 0 aliphatic carbocycles. The van der Waals surface area contributed by atoms with E-state index in [0.29, 0.717) is 13.1 Å². The third-order valence-corrected chi connectivity index (χ3v) is 3.51. The highest BCUT2D eigenvalue weighted by Crippen LogP contribution is 2.25. The van der Waals surface area contributed by atoms with Crippen LogP contribution in [0.1, 0.15) is 6.92 Å². The Bertz CT molecular complexity index is 553. The van der Waals surface area contributed by atoms with Crippen molar-refractivity contribution in [2.45, 2.75) is 13.0 Å². The molecule has 0 heterocycles. The second kappa shape index (κ2) is 7.98. The van der Waals surface area contributed by atoms with Gasteiger partial charge in [0.05, 0.1) is 6.61 Å². The zero-order chi connectivity index (χ0) is 15.1. The highest BCUT2D eigenvalue weighted by molar-refractivity contribution is 5.88. The van der Waals surface area contributed by atoms with Gasteiger partial charge in [0.2, 0.25) is 0 Å². The molecule has 0 saturated heterocycles. The summed E-state index contributed by atoms with van der Waals surface area (Å²) in [5.41, 5.74) is 0. The summed E-state index contributed by atoms with van der Waals surface area (Å²) in [6, 6.07) is 13.9. The summed E-state index contributed by atoms with van der Waals surface area (Å²) in [6.45, 7) is 4.23. The van der Waals surface area contributed by atoms with Crippen molar-refractivity contribution in [3.05, 3.63) is 42.5 Å². The first-order valence-electron chi connectivity index (χ1n) is 7.36. The molecule has 4 nitrogen and oxygen atoms in total. The second-order valence-electron chi connectivity index (χ2n) is 5.06. The highest BCUT2D eigenvalue weighted by atomic mass is 16.5. The minimum atomic E-state index is -0.574. The SMILES string of the molecule is CCN(CCO)CC(O)COc1cccc2ccccc12. The Hall–Kier alpha value is -1.62. The third-order valence-electron chi connectivity index (χ3n) is 3.51. The van der Waals surface area contributed by atoms with Gasteiger partial charge in [0.25, 0.3) is 0 Å². The van der Waals surface area contributed by atoms with Crippen LogP contribution in [0.25, 0.3) is 10.8 Å². The van der Waals surface area contributed by atoms with Crippen LogP contribution in [0.4, 0.5) is 0 Å². The molecule has 1 atom stereocenters. The Labute approximate surface area is 125 Å². The summed E-state index contributed by atoms with van der Waals surface area (Å²) in [7, 11) is 0. The molecule has 1 unspecified atom stereocenters. The van der Waals surface area contributed by atoms with E-state index in [-0.39, 0.29) is 13.2 Å². The first-order chi connectivity index (χ1) is 10.2. The minimum Gasteiger partial charge on any atom is -0.490 e. The molecule has 2 aromatic rings. The quantitative estimate of drug-likeness (QED) is 0.779. The van der Waals surface area contributed by atoms with Crippen molar-refractivity contribution in [2.75, 3.05) is 32.8 Å². The smallest absolute Gasteiger partial charge is 0.127 e. The second-order valence-corrected chi connectivity index (χ2v) is 5.06. The molecule has 2 aromatic carbocycles. The van der Waals surface area contributed by atoms with Gasteiger partial charge >= 0.3 is 0 Å². The zero-order valence-corrected chi connectivity index (χ0v) is 12.4. The number of aliphatic hydroxyl groups is 2. The van der Waals surface area contributed by atoms with Gasteiger partial charge in [-0.05, 0) is 18.0 Å². The Balaban J connectivity index is 1.95. The molecule has 0 radical (unpaired) electrons. The van der Waals surface area contributed by atoms with E-state index in [1.165, 1.54) is 0 Å². The monoisotopic (exact) mass is 289 g/mol. The fraction of sp³-hybridized carbons (Fsp3) is 0.412. The largest absolute Gasteiger partial charge is 0.490 e. The molecule has 2 N–H and O–H groups in total. The van der Waals surface area contributed by atoms with E-state index in [9.17, 15) is 5.11 Å². The number of hydrogen-bond acceptors (Lipinski definition) is 4. The number of ether oxygens (including phenoxy) is 1. The Morgan fingerprint density at radius 2 is 1.90 bits per heavy atom. The van der Waals surface area contributed by atoms with Gasteiger partial charge in [0.15, 0.2) is 0 Å². The third kappa shape index (κ3) is 4.43. The van der Waals surface area contributed by atoms with E-state index in [2.05, 4.69) is 0 Å². The van der Waals surface area contributed by atoms with Gasteiger partial charge in [0, 0.05) is 18.5 Å². The van der Waals surface area contributed by atoms with E-state index in [4.69, 9.17) is 9.84 Å². The van der Waals surface area contributed by atoms with Gasteiger partial charge in [-0.2, -0.15) is 0 Å². The maximum Gasteiger partial charge on any atom is 0.127 e. The molecular weight excluding hydrogens is 266 g/mol. The fourth-order valence-electron chi connectivity index (χ4n) is 2.38. The molecule has 0 spiro atoms. The number of hydrogen-bond donors (Lipinski definition) is 2. The lowest BCUT2D eigenvalue weighted by Crippen LogP contribution is -2.37. The van der Waals surface area contributed by atoms with Crippen LogP contribution in [0, 0.1) is 0 Å².